The van der Waals surface area contributed by atoms with Gasteiger partial charge in [0.2, 0.25) is 0 Å². The predicted molar refractivity (Wildman–Crippen MR) is 24.4 cm³/mol. The summed E-state index contributed by atoms with van der Waals surface area (Å²) >= 11 is -10.6. The minimum absolute atomic E-state index is 0. The molecular weight excluding hydrogens is 313 g/mol. The van der Waals surface area contributed by atoms with Gasteiger partial charge in [-0.15, -0.1) is 0 Å². The molecule has 12 heavy (non-hydrogen) atoms. The van der Waals surface area contributed by atoms with Crippen molar-refractivity contribution in [3.63, 3.8) is 0 Å². The van der Waals surface area contributed by atoms with Gasteiger partial charge in [0.05, 0.1) is 0 Å². The summed E-state index contributed by atoms with van der Waals surface area (Å²) in [6.07, 6.45) is 0. The van der Waals surface area contributed by atoms with Crippen LogP contribution in [0.5, 0.6) is 0 Å². The molecule has 0 fully saturated rings. The molecule has 8 nitrogen and oxygen atoms in total. The molecule has 0 spiro atoms. The topological polar surface area (TPSA) is 146 Å². The molecule has 0 aliphatic rings. The Hall–Kier alpha value is 3.20. The van der Waals surface area contributed by atoms with Crippen LogP contribution in [0.3, 0.4) is 0 Å². The maximum atomic E-state index is 8.82. The Kier molecular flexibility index (Phi) is 21.8. The quantitative estimate of drug-likeness (QED) is 0.389. The molecular formula is H5CrK2MnO8. The normalized spacial score (nSPS) is 9.58. The second kappa shape index (κ2) is 10.7. The van der Waals surface area contributed by atoms with Crippen LogP contribution in [-0.2, 0) is 45.7 Å². The van der Waals surface area contributed by atoms with Crippen molar-refractivity contribution in [3.05, 3.63) is 0 Å². The number of hydrogen-bond acceptors (Lipinski definition) is 5. The van der Waals surface area contributed by atoms with E-state index in [4.69, 9.17) is 31.6 Å². The second-order valence-electron chi connectivity index (χ2n) is 0.844. The zero-order valence-electron chi connectivity index (χ0n) is 4.17. The Bertz CT molecular complexity index is 292. The Morgan fingerprint density at radius 1 is 0.917 bits per heavy atom. The van der Waals surface area contributed by atoms with Crippen molar-refractivity contribution in [1.82, 2.24) is 0 Å². The van der Waals surface area contributed by atoms with Gasteiger partial charge in [-0.1, -0.05) is 0 Å². The maximum absolute atomic E-state index is 8.82. The third kappa shape index (κ3) is 192. The fraction of sp³-hybridized carbons (Fsp3) is 0. The van der Waals surface area contributed by atoms with Crippen LogP contribution in [-0.4, -0.2) is 115 Å². The van der Waals surface area contributed by atoms with E-state index in [0.717, 1.165) is 0 Å². The van der Waals surface area contributed by atoms with Crippen LogP contribution in [0.4, 0.5) is 0 Å². The van der Waals surface area contributed by atoms with Crippen molar-refractivity contribution in [2.45, 2.75) is 0 Å². The molecule has 0 aliphatic heterocycles. The first kappa shape index (κ1) is 24.4. The Morgan fingerprint density at radius 3 is 0.917 bits per heavy atom. The molecule has 0 aromatic rings. The molecule has 0 saturated carbocycles. The van der Waals surface area contributed by atoms with Gasteiger partial charge in [0.25, 0.3) is 0 Å². The van der Waals surface area contributed by atoms with Crippen LogP contribution in [0.15, 0.2) is 0 Å². The van der Waals surface area contributed by atoms with Crippen molar-refractivity contribution in [2.75, 3.05) is 0 Å². The molecule has 0 aliphatic carbocycles. The molecule has 0 heterocycles. The minimum atomic E-state index is -5.38. The average Bonchev–Trinajstić information content (AvgIpc) is 1.12. The molecule has 0 rings (SSSR count). The van der Waals surface area contributed by atoms with Gasteiger partial charge in [0.1, 0.15) is 0 Å². The van der Waals surface area contributed by atoms with Gasteiger partial charge in [0.15, 0.2) is 0 Å². The van der Waals surface area contributed by atoms with E-state index in [9.17, 15) is 0 Å². The third-order valence-electron chi connectivity index (χ3n) is 0. The molecule has 0 amide bonds. The van der Waals surface area contributed by atoms with E-state index in [0.29, 0.717) is 0 Å². The van der Waals surface area contributed by atoms with E-state index < -0.39 is 26.6 Å². The fourth-order valence-electron chi connectivity index (χ4n) is 0. The summed E-state index contributed by atoms with van der Waals surface area (Å²) < 4.78 is 64.9. The van der Waals surface area contributed by atoms with Crippen LogP contribution in [0.1, 0.15) is 0 Å². The Labute approximate surface area is 156 Å². The van der Waals surface area contributed by atoms with E-state index in [1.165, 1.54) is 0 Å². The summed E-state index contributed by atoms with van der Waals surface area (Å²) in [6.45, 7) is 0. The first-order valence-corrected chi connectivity index (χ1v) is 5.49. The molecule has 0 bridgehead atoms. The van der Waals surface area contributed by atoms with Crippen molar-refractivity contribution in [3.8, 4) is 0 Å². The molecule has 12 heteroatoms. The predicted octanol–water partition coefficient (Wildman–Crippen LogP) is -3.57. The van der Waals surface area contributed by atoms with Crippen molar-refractivity contribution in [1.29, 1.82) is 0 Å². The van der Waals surface area contributed by atoms with Crippen LogP contribution in [0, 0.1) is 0 Å². The van der Waals surface area contributed by atoms with Gasteiger partial charge in [0, 0.05) is 0 Å². The fourth-order valence-corrected chi connectivity index (χ4v) is 0. The molecule has 0 unspecified atom stereocenters. The molecule has 0 saturated heterocycles. The van der Waals surface area contributed by atoms with Crippen molar-refractivity contribution < 1.29 is 58.2 Å². The summed E-state index contributed by atoms with van der Waals surface area (Å²) in [4.78, 5) is 0. The molecule has 0 aromatic carbocycles. The van der Waals surface area contributed by atoms with Crippen LogP contribution < -0.4 is 0 Å². The monoisotopic (exact) mass is 318 g/mol. The van der Waals surface area contributed by atoms with E-state index in [1.54, 1.807) is 0 Å². The van der Waals surface area contributed by atoms with Gasteiger partial charge in [-0.05, 0) is 0 Å². The van der Waals surface area contributed by atoms with E-state index in [1.807, 2.05) is 0 Å². The zero-order chi connectivity index (χ0) is 9.00. The van der Waals surface area contributed by atoms with Crippen LogP contribution in [0.2, 0.25) is 0 Å². The summed E-state index contributed by atoms with van der Waals surface area (Å²) in [7, 11) is 0. The molecule has 0 atom stereocenters. The van der Waals surface area contributed by atoms with E-state index in [-0.39, 0.29) is 103 Å². The molecule has 3 N–H and O–H groups in total. The van der Waals surface area contributed by atoms with Crippen LogP contribution in [0.25, 0.3) is 0 Å². The standard InChI is InChI=1S/Cr.2K.Mn.3H2O.5O.2H/h;;;;3*1H2;;;;;;;/q+2;;;+1;;;;;;;;;;/p-3. The van der Waals surface area contributed by atoms with Gasteiger partial charge in [-0.25, -0.2) is 0 Å². The summed E-state index contributed by atoms with van der Waals surface area (Å²) in [5.74, 6) is 0. The first-order valence-electron chi connectivity index (χ1n) is 1.33. The van der Waals surface area contributed by atoms with Crippen molar-refractivity contribution in [2.24, 2.45) is 0 Å². The Morgan fingerprint density at radius 2 is 0.917 bits per heavy atom. The third-order valence-corrected chi connectivity index (χ3v) is 0. The molecule has 68 valence electrons. The summed E-state index contributed by atoms with van der Waals surface area (Å²) in [5, 5.41) is 0. The zero-order valence-corrected chi connectivity index (χ0v) is 6.62. The van der Waals surface area contributed by atoms with Gasteiger partial charge in [-0.3, -0.25) is 0 Å². The van der Waals surface area contributed by atoms with Gasteiger partial charge in [-0.2, -0.15) is 0 Å². The Balaban J connectivity index is -0.0000000457. The second-order valence-corrected chi connectivity index (χ2v) is 3.48. The van der Waals surface area contributed by atoms with E-state index >= 15 is 0 Å². The summed E-state index contributed by atoms with van der Waals surface area (Å²) in [5.41, 5.74) is 0. The van der Waals surface area contributed by atoms with Crippen molar-refractivity contribution >= 4 is 103 Å². The van der Waals surface area contributed by atoms with Crippen LogP contribution >= 0.6 is 0 Å². The first-order chi connectivity index (χ1) is 4.00. The molecule has 0 radical (unpaired) electrons. The number of rotatable bonds is 0. The number of hydrogen-bond donors (Lipinski definition) is 3. The average molecular weight is 318 g/mol. The summed E-state index contributed by atoms with van der Waals surface area (Å²) in [6, 6.07) is 0. The van der Waals surface area contributed by atoms with E-state index in [2.05, 4.69) is 0 Å². The van der Waals surface area contributed by atoms with Gasteiger partial charge >= 0.3 is 161 Å². The van der Waals surface area contributed by atoms with Gasteiger partial charge < -0.3 is 0 Å². The SMILES string of the molecule is [KH].[KH].[O]=[Cr](=[O])([OH])[OH].[O]=[Mn](=[O])(=[O])[OH]. The molecule has 0 aromatic heterocycles.